The molecule has 0 rings (SSSR count). The predicted molar refractivity (Wildman–Crippen MR) is 153 cm³/mol. The van der Waals surface area contributed by atoms with Crippen LogP contribution in [0.2, 0.25) is 0 Å². The van der Waals surface area contributed by atoms with Crippen LogP contribution in [0, 0.1) is 5.92 Å². The first-order chi connectivity index (χ1) is 17.7. The molecule has 1 atom stereocenters. The van der Waals surface area contributed by atoms with Crippen molar-refractivity contribution in [2.75, 3.05) is 26.4 Å². The summed E-state index contributed by atoms with van der Waals surface area (Å²) in [6.07, 6.45) is 27.8. The molecule has 0 aromatic rings. The van der Waals surface area contributed by atoms with Crippen LogP contribution < -0.4 is 0 Å². The highest BCUT2D eigenvalue weighted by Crippen LogP contribution is 2.20. The summed E-state index contributed by atoms with van der Waals surface area (Å²) in [5.41, 5.74) is 0. The summed E-state index contributed by atoms with van der Waals surface area (Å²) in [5, 5.41) is 20.1. The van der Waals surface area contributed by atoms with Gasteiger partial charge in [-0.1, -0.05) is 136 Å². The smallest absolute Gasteiger partial charge is 0.249 e. The maximum Gasteiger partial charge on any atom is 0.249 e. The summed E-state index contributed by atoms with van der Waals surface area (Å²) in [5.74, 6) is -0.136. The van der Waals surface area contributed by atoms with Crippen LogP contribution in [-0.4, -0.2) is 47.5 Å². The Hall–Kier alpha value is -0.650. The lowest BCUT2D eigenvalue weighted by Gasteiger charge is -2.26. The van der Waals surface area contributed by atoms with E-state index < -0.39 is 0 Å². The molecule has 0 aliphatic rings. The Morgan fingerprint density at radius 3 is 1.44 bits per heavy atom. The highest BCUT2D eigenvalue weighted by Gasteiger charge is 2.24. The molecular formula is C31H63NO4. The fourth-order valence-electron chi connectivity index (χ4n) is 4.90. The SMILES string of the molecule is CCCCCCCCCCCCCCCCON(CCO)C(=O)C(CCCO)CCCCCCCC. The summed E-state index contributed by atoms with van der Waals surface area (Å²) >= 11 is 0. The fraction of sp³-hybridized carbons (Fsp3) is 0.968. The topological polar surface area (TPSA) is 70.0 Å². The molecule has 216 valence electrons. The number of rotatable bonds is 29. The molecule has 0 aromatic carbocycles. The molecule has 0 saturated carbocycles. The van der Waals surface area contributed by atoms with Gasteiger partial charge in [-0.15, -0.1) is 0 Å². The summed E-state index contributed by atoms with van der Waals surface area (Å²) < 4.78 is 0. The van der Waals surface area contributed by atoms with E-state index in [1.165, 1.54) is 108 Å². The third-order valence-corrected chi connectivity index (χ3v) is 7.26. The molecule has 2 N–H and O–H groups in total. The van der Waals surface area contributed by atoms with Crippen molar-refractivity contribution in [3.8, 4) is 0 Å². The molecule has 0 aliphatic heterocycles. The summed E-state index contributed by atoms with van der Waals surface area (Å²) in [6.45, 7) is 5.28. The van der Waals surface area contributed by atoms with Gasteiger partial charge in [0, 0.05) is 12.5 Å². The molecule has 5 nitrogen and oxygen atoms in total. The largest absolute Gasteiger partial charge is 0.396 e. The predicted octanol–water partition coefficient (Wildman–Crippen LogP) is 8.36. The Labute approximate surface area is 224 Å². The Bertz CT molecular complexity index is 446. The van der Waals surface area contributed by atoms with Crippen molar-refractivity contribution in [3.05, 3.63) is 0 Å². The van der Waals surface area contributed by atoms with Crippen molar-refractivity contribution in [2.24, 2.45) is 5.92 Å². The lowest BCUT2D eigenvalue weighted by atomic mass is 9.94. The Morgan fingerprint density at radius 2 is 1.00 bits per heavy atom. The lowest BCUT2D eigenvalue weighted by Crippen LogP contribution is -2.38. The molecule has 0 spiro atoms. The molecular weight excluding hydrogens is 450 g/mol. The molecule has 0 saturated heterocycles. The minimum atomic E-state index is -0.119. The van der Waals surface area contributed by atoms with Crippen molar-refractivity contribution in [2.45, 2.75) is 162 Å². The first kappa shape index (κ1) is 35.4. The van der Waals surface area contributed by atoms with Gasteiger partial charge in [-0.3, -0.25) is 9.63 Å². The summed E-state index contributed by atoms with van der Waals surface area (Å²) in [7, 11) is 0. The summed E-state index contributed by atoms with van der Waals surface area (Å²) in [6, 6.07) is 0. The second-order valence-corrected chi connectivity index (χ2v) is 10.7. The lowest BCUT2D eigenvalue weighted by molar-refractivity contribution is -0.194. The van der Waals surface area contributed by atoms with E-state index in [1.54, 1.807) is 0 Å². The van der Waals surface area contributed by atoms with Gasteiger partial charge in [-0.25, -0.2) is 5.06 Å². The number of hydrogen-bond donors (Lipinski definition) is 2. The van der Waals surface area contributed by atoms with Gasteiger partial charge in [0.2, 0.25) is 5.91 Å². The zero-order chi connectivity index (χ0) is 26.5. The first-order valence-corrected chi connectivity index (χ1v) is 15.9. The number of nitrogens with zero attached hydrogens (tertiary/aromatic N) is 1. The van der Waals surface area contributed by atoms with E-state index >= 15 is 0 Å². The second-order valence-electron chi connectivity index (χ2n) is 10.7. The van der Waals surface area contributed by atoms with Gasteiger partial charge in [0.15, 0.2) is 0 Å². The van der Waals surface area contributed by atoms with E-state index in [1.807, 2.05) is 0 Å². The number of hydrogen-bond acceptors (Lipinski definition) is 4. The zero-order valence-corrected chi connectivity index (χ0v) is 24.3. The normalized spacial score (nSPS) is 12.2. The third-order valence-electron chi connectivity index (χ3n) is 7.26. The molecule has 0 heterocycles. The molecule has 0 radical (unpaired) electrons. The third kappa shape index (κ3) is 22.5. The number of hydroxylamine groups is 2. The van der Waals surface area contributed by atoms with Crippen LogP contribution >= 0.6 is 0 Å². The van der Waals surface area contributed by atoms with Gasteiger partial charge < -0.3 is 10.2 Å². The second kappa shape index (κ2) is 28.9. The number of carbonyl (C=O) groups is 1. The van der Waals surface area contributed by atoms with Crippen molar-refractivity contribution >= 4 is 5.91 Å². The highest BCUT2D eigenvalue weighted by molar-refractivity contribution is 5.77. The van der Waals surface area contributed by atoms with E-state index in [0.717, 1.165) is 32.1 Å². The standard InChI is InChI=1S/C31H63NO4/c1-3-5-7-9-11-12-13-14-15-16-17-18-20-22-29-36-32(26-28-34)31(35)30(25-23-27-33)24-21-19-10-8-6-4-2/h30,33-34H,3-29H2,1-2H3. The van der Waals surface area contributed by atoms with Gasteiger partial charge in [-0.05, 0) is 25.7 Å². The Morgan fingerprint density at radius 1 is 0.583 bits per heavy atom. The Kier molecular flexibility index (Phi) is 28.4. The average molecular weight is 514 g/mol. The van der Waals surface area contributed by atoms with Crippen LogP contribution in [0.25, 0.3) is 0 Å². The minimum absolute atomic E-state index is 0.0172. The van der Waals surface area contributed by atoms with E-state index in [4.69, 9.17) is 4.84 Å². The van der Waals surface area contributed by atoms with Gasteiger partial charge in [0.05, 0.1) is 19.8 Å². The van der Waals surface area contributed by atoms with Gasteiger partial charge in [0.1, 0.15) is 0 Å². The zero-order valence-electron chi connectivity index (χ0n) is 24.3. The number of aliphatic hydroxyl groups excluding tert-OH is 2. The minimum Gasteiger partial charge on any atom is -0.396 e. The monoisotopic (exact) mass is 513 g/mol. The van der Waals surface area contributed by atoms with Crippen LogP contribution in [0.15, 0.2) is 0 Å². The molecule has 0 fully saturated rings. The molecule has 0 aliphatic carbocycles. The maximum absolute atomic E-state index is 13.1. The molecule has 0 bridgehead atoms. The van der Waals surface area contributed by atoms with Crippen molar-refractivity contribution in [3.63, 3.8) is 0 Å². The van der Waals surface area contributed by atoms with Crippen LogP contribution in [0.3, 0.4) is 0 Å². The molecule has 5 heteroatoms. The maximum atomic E-state index is 13.1. The Balaban J connectivity index is 3.98. The fourth-order valence-corrected chi connectivity index (χ4v) is 4.90. The first-order valence-electron chi connectivity index (χ1n) is 15.9. The molecule has 36 heavy (non-hydrogen) atoms. The van der Waals surface area contributed by atoms with Crippen LogP contribution in [-0.2, 0) is 9.63 Å². The van der Waals surface area contributed by atoms with Gasteiger partial charge in [0.25, 0.3) is 0 Å². The number of aliphatic hydroxyl groups is 2. The number of amides is 1. The van der Waals surface area contributed by atoms with Crippen molar-refractivity contribution < 1.29 is 19.8 Å². The van der Waals surface area contributed by atoms with E-state index in [2.05, 4.69) is 13.8 Å². The van der Waals surface area contributed by atoms with Gasteiger partial charge in [-0.2, -0.15) is 0 Å². The van der Waals surface area contributed by atoms with E-state index in [0.29, 0.717) is 19.4 Å². The van der Waals surface area contributed by atoms with Crippen LogP contribution in [0.4, 0.5) is 0 Å². The molecule has 0 aromatic heterocycles. The average Bonchev–Trinajstić information content (AvgIpc) is 2.89. The van der Waals surface area contributed by atoms with E-state index in [9.17, 15) is 15.0 Å². The molecule has 1 amide bonds. The quantitative estimate of drug-likeness (QED) is 0.0778. The van der Waals surface area contributed by atoms with Gasteiger partial charge >= 0.3 is 0 Å². The van der Waals surface area contributed by atoms with Crippen molar-refractivity contribution in [1.82, 2.24) is 5.06 Å². The number of carbonyl (C=O) groups excluding carboxylic acids is 1. The van der Waals surface area contributed by atoms with Crippen molar-refractivity contribution in [1.29, 1.82) is 0 Å². The van der Waals surface area contributed by atoms with Crippen LogP contribution in [0.5, 0.6) is 0 Å². The summed E-state index contributed by atoms with van der Waals surface area (Å²) in [4.78, 5) is 18.9. The highest BCUT2D eigenvalue weighted by atomic mass is 16.7. The molecule has 1 unspecified atom stereocenters. The van der Waals surface area contributed by atoms with E-state index in [-0.39, 0.29) is 31.6 Å². The van der Waals surface area contributed by atoms with Crippen LogP contribution in [0.1, 0.15) is 162 Å². The number of unbranched alkanes of at least 4 members (excludes halogenated alkanes) is 18.